The van der Waals surface area contributed by atoms with Crippen LogP contribution in [0.4, 0.5) is 11.9 Å². The van der Waals surface area contributed by atoms with Gasteiger partial charge in [0.1, 0.15) is 0 Å². The first-order valence-electron chi connectivity index (χ1n) is 5.96. The lowest BCUT2D eigenvalue weighted by molar-refractivity contribution is 0.596. The van der Waals surface area contributed by atoms with E-state index >= 15 is 0 Å². The average Bonchev–Trinajstić information content (AvgIpc) is 2.39. The first kappa shape index (κ1) is 16.2. The summed E-state index contributed by atoms with van der Waals surface area (Å²) in [6.07, 6.45) is 1.75. The number of hydrogen-bond donors (Lipinski definition) is 5. The Hall–Kier alpha value is -0.816. The van der Waals surface area contributed by atoms with Gasteiger partial charge in [-0.3, -0.25) is 4.98 Å². The summed E-state index contributed by atoms with van der Waals surface area (Å²) in [5.74, 6) is 1.15. The van der Waals surface area contributed by atoms with Crippen molar-refractivity contribution in [3.8, 4) is 0 Å². The van der Waals surface area contributed by atoms with Gasteiger partial charge in [0.25, 0.3) is 0 Å². The summed E-state index contributed by atoms with van der Waals surface area (Å²) < 4.78 is 0.275. The largest absolute Gasteiger partial charge is 0.432 e. The molecule has 0 aliphatic heterocycles. The fourth-order valence-electron chi connectivity index (χ4n) is 1.30. The van der Waals surface area contributed by atoms with Crippen LogP contribution >= 0.6 is 12.2 Å². The maximum absolute atomic E-state index is 8.72. The molecule has 19 heavy (non-hydrogen) atoms. The third-order valence-corrected chi connectivity index (χ3v) is 3.50. The normalized spacial score (nSPS) is 10.4. The zero-order valence-corrected chi connectivity index (χ0v) is 13.3. The fraction of sp³-hybridized carbons (Fsp3) is 0.667. The van der Waals surface area contributed by atoms with Crippen LogP contribution in [0.1, 0.15) is 12.8 Å². The maximum Gasteiger partial charge on any atom is 0.225 e. The van der Waals surface area contributed by atoms with Crippen LogP contribution < -0.4 is 10.6 Å². The lowest BCUT2D eigenvalue weighted by atomic mass is 10.5. The fourth-order valence-corrected chi connectivity index (χ4v) is 2.15. The van der Waals surface area contributed by atoms with Crippen LogP contribution in [-0.4, -0.2) is 57.2 Å². The highest BCUT2D eigenvalue weighted by Crippen LogP contribution is 2.04. The molecular weight excluding hydrogens is 298 g/mol. The Kier molecular flexibility index (Phi) is 8.57. The van der Waals surface area contributed by atoms with Crippen LogP contribution in [0.2, 0.25) is 12.1 Å². The van der Waals surface area contributed by atoms with Crippen molar-refractivity contribution in [1.82, 2.24) is 15.0 Å². The smallest absolute Gasteiger partial charge is 0.225 e. The second-order valence-corrected chi connectivity index (χ2v) is 5.70. The molecule has 1 heterocycles. The van der Waals surface area contributed by atoms with E-state index in [9.17, 15) is 0 Å². The van der Waals surface area contributed by atoms with Crippen LogP contribution in [0.5, 0.6) is 0 Å². The number of anilines is 2. The number of rotatable bonds is 10. The number of hydrogen-bond acceptors (Lipinski definition) is 7. The van der Waals surface area contributed by atoms with E-state index < -0.39 is 0 Å². The predicted octanol–water partition coefficient (Wildman–Crippen LogP) is 0.198. The molecule has 0 fully saturated rings. The Morgan fingerprint density at radius 1 is 1.00 bits per heavy atom. The second kappa shape index (κ2) is 10.0. The molecule has 0 bridgehead atoms. The van der Waals surface area contributed by atoms with Gasteiger partial charge in [0.15, 0.2) is 0 Å². The summed E-state index contributed by atoms with van der Waals surface area (Å²) in [7, 11) is -0.0308. The molecule has 10 heteroatoms. The van der Waals surface area contributed by atoms with Crippen molar-refractivity contribution in [2.24, 2.45) is 0 Å². The highest BCUT2D eigenvalue weighted by atomic mass is 32.1. The molecule has 0 unspecified atom stereocenters. The van der Waals surface area contributed by atoms with Gasteiger partial charge in [-0.1, -0.05) is 0 Å². The van der Waals surface area contributed by atoms with Crippen LogP contribution in [0.25, 0.3) is 0 Å². The van der Waals surface area contributed by atoms with Gasteiger partial charge < -0.3 is 20.2 Å². The van der Waals surface area contributed by atoms with Crippen LogP contribution in [0, 0.1) is 4.77 Å². The standard InChI is InChI=1S/C9H17N5O2SSi2/c15-18-5-1-3-10-7-12-8(14-9(17)13-7)11-4-2-6-19-16/h15-16H,1-6H2,(H3,10,11,12,13,14,17). The lowest BCUT2D eigenvalue weighted by Gasteiger charge is -2.08. The summed E-state index contributed by atoms with van der Waals surface area (Å²) in [6, 6.07) is 1.57. The SMILES string of the molecule is O[Si]CCCNc1nc(=S)nc(NCCC[Si]O)[nH]1. The first-order chi connectivity index (χ1) is 9.26. The molecule has 1 rings (SSSR count). The zero-order chi connectivity index (χ0) is 13.9. The molecule has 0 saturated carbocycles. The van der Waals surface area contributed by atoms with Gasteiger partial charge in [-0.15, -0.1) is 0 Å². The third-order valence-electron chi connectivity index (χ3n) is 2.17. The molecule has 4 radical (unpaired) electrons. The van der Waals surface area contributed by atoms with Crippen molar-refractivity contribution in [2.45, 2.75) is 24.9 Å². The van der Waals surface area contributed by atoms with Gasteiger partial charge >= 0.3 is 0 Å². The van der Waals surface area contributed by atoms with E-state index in [1.165, 1.54) is 0 Å². The summed E-state index contributed by atoms with van der Waals surface area (Å²) in [6.45, 7) is 1.45. The van der Waals surface area contributed by atoms with E-state index in [1.807, 2.05) is 0 Å². The summed E-state index contributed by atoms with van der Waals surface area (Å²) in [5, 5.41) is 6.21. The van der Waals surface area contributed by atoms with Gasteiger partial charge in [-0.05, 0) is 37.1 Å². The first-order valence-corrected chi connectivity index (χ1v) is 8.68. The van der Waals surface area contributed by atoms with Crippen LogP contribution in [0.15, 0.2) is 0 Å². The Morgan fingerprint density at radius 3 is 1.89 bits per heavy atom. The van der Waals surface area contributed by atoms with Crippen LogP contribution in [-0.2, 0) is 0 Å². The molecule has 0 aliphatic rings. The van der Waals surface area contributed by atoms with E-state index in [0.717, 1.165) is 38.0 Å². The minimum Gasteiger partial charge on any atom is -0.432 e. The summed E-state index contributed by atoms with van der Waals surface area (Å²) in [4.78, 5) is 28.6. The maximum atomic E-state index is 8.72. The molecular formula is C9H17N5O2SSi2. The molecule has 0 atom stereocenters. The molecule has 0 spiro atoms. The molecule has 5 N–H and O–H groups in total. The molecule has 104 valence electrons. The lowest BCUT2D eigenvalue weighted by Crippen LogP contribution is -2.11. The molecule has 1 aromatic heterocycles. The zero-order valence-electron chi connectivity index (χ0n) is 10.4. The molecule has 0 saturated heterocycles. The predicted molar refractivity (Wildman–Crippen MR) is 79.0 cm³/mol. The van der Waals surface area contributed by atoms with Crippen molar-refractivity contribution in [2.75, 3.05) is 23.7 Å². The highest BCUT2D eigenvalue weighted by molar-refractivity contribution is 7.71. The Bertz CT molecular complexity index is 387. The Labute approximate surface area is 122 Å². The minimum atomic E-state index is -0.0154. The van der Waals surface area contributed by atoms with Crippen molar-refractivity contribution in [3.05, 3.63) is 4.77 Å². The van der Waals surface area contributed by atoms with E-state index in [1.54, 1.807) is 0 Å². The van der Waals surface area contributed by atoms with Crippen molar-refractivity contribution >= 4 is 43.6 Å². The number of aromatic nitrogens is 3. The van der Waals surface area contributed by atoms with E-state index in [2.05, 4.69) is 25.6 Å². The van der Waals surface area contributed by atoms with Gasteiger partial charge in [-0.25, -0.2) is 0 Å². The van der Waals surface area contributed by atoms with Crippen molar-refractivity contribution in [1.29, 1.82) is 0 Å². The van der Waals surface area contributed by atoms with Gasteiger partial charge in [0.2, 0.25) is 36.2 Å². The molecule has 0 aromatic carbocycles. The summed E-state index contributed by atoms with van der Waals surface area (Å²) in [5.41, 5.74) is 0. The molecule has 0 amide bonds. The third kappa shape index (κ3) is 7.37. The van der Waals surface area contributed by atoms with E-state index in [4.69, 9.17) is 21.8 Å². The van der Waals surface area contributed by atoms with E-state index in [-0.39, 0.29) is 24.3 Å². The number of nitrogens with zero attached hydrogens (tertiary/aromatic N) is 2. The van der Waals surface area contributed by atoms with Gasteiger partial charge in [-0.2, -0.15) is 9.97 Å². The number of H-pyrrole nitrogens is 1. The Morgan fingerprint density at radius 2 is 1.47 bits per heavy atom. The second-order valence-electron chi connectivity index (χ2n) is 3.71. The topological polar surface area (TPSA) is 106 Å². The van der Waals surface area contributed by atoms with Crippen molar-refractivity contribution in [3.63, 3.8) is 0 Å². The quantitative estimate of drug-likeness (QED) is 0.238. The summed E-state index contributed by atoms with van der Waals surface area (Å²) >= 11 is 4.99. The highest BCUT2D eigenvalue weighted by Gasteiger charge is 2.00. The Balaban J connectivity index is 2.44. The monoisotopic (exact) mass is 315 g/mol. The van der Waals surface area contributed by atoms with Gasteiger partial charge in [0, 0.05) is 13.1 Å². The molecule has 7 nitrogen and oxygen atoms in total. The minimum absolute atomic E-state index is 0.0154. The molecule has 0 aliphatic carbocycles. The molecule has 1 aromatic rings. The average molecular weight is 316 g/mol. The van der Waals surface area contributed by atoms with Gasteiger partial charge in [0.05, 0.1) is 0 Å². The number of aromatic amines is 1. The van der Waals surface area contributed by atoms with Crippen LogP contribution in [0.3, 0.4) is 0 Å². The van der Waals surface area contributed by atoms with E-state index in [0.29, 0.717) is 11.9 Å². The van der Waals surface area contributed by atoms with Crippen molar-refractivity contribution < 1.29 is 9.59 Å². The number of nitrogens with one attached hydrogen (secondary N) is 3.